The summed E-state index contributed by atoms with van der Waals surface area (Å²) in [6.07, 6.45) is 3.27. The maximum Gasteiger partial charge on any atom is 0.228 e. The van der Waals surface area contributed by atoms with Crippen molar-refractivity contribution in [3.05, 3.63) is 53.6 Å². The van der Waals surface area contributed by atoms with Gasteiger partial charge in [0.1, 0.15) is 0 Å². The number of amides is 1. The van der Waals surface area contributed by atoms with Gasteiger partial charge in [-0.25, -0.2) is 13.2 Å². The molecular weight excluding hydrogens is 245 g/mol. The van der Waals surface area contributed by atoms with E-state index in [0.29, 0.717) is 5.56 Å². The number of aromatic nitrogens is 1. The normalized spacial score (nSPS) is 10.4. The molecule has 2 rings (SSSR count). The van der Waals surface area contributed by atoms with E-state index in [0.717, 1.165) is 12.1 Å². The molecule has 0 bridgehead atoms. The third kappa shape index (κ3) is 2.53. The molecule has 0 saturated heterocycles. The van der Waals surface area contributed by atoms with Gasteiger partial charge in [0.2, 0.25) is 5.91 Å². The standard InChI is InChI=1S/C12H9F3N2O/c13-8-1-2-9(12(15)11(8)14)17-10(18)5-7-3-4-16-6-7/h1-4,6,16H,5H2,(H,17,18). The van der Waals surface area contributed by atoms with Crippen molar-refractivity contribution in [2.45, 2.75) is 6.42 Å². The predicted molar refractivity (Wildman–Crippen MR) is 59.4 cm³/mol. The fourth-order valence-corrected chi connectivity index (χ4v) is 1.47. The molecule has 6 heteroatoms. The monoisotopic (exact) mass is 254 g/mol. The minimum Gasteiger partial charge on any atom is -0.367 e. The van der Waals surface area contributed by atoms with Crippen LogP contribution in [0.2, 0.25) is 0 Å². The van der Waals surface area contributed by atoms with E-state index in [1.807, 2.05) is 0 Å². The number of hydrogen-bond acceptors (Lipinski definition) is 1. The summed E-state index contributed by atoms with van der Waals surface area (Å²) < 4.78 is 38.8. The van der Waals surface area contributed by atoms with Gasteiger partial charge in [-0.15, -0.1) is 0 Å². The van der Waals surface area contributed by atoms with Crippen molar-refractivity contribution < 1.29 is 18.0 Å². The van der Waals surface area contributed by atoms with Crippen molar-refractivity contribution in [3.63, 3.8) is 0 Å². The van der Waals surface area contributed by atoms with Crippen LogP contribution in [-0.2, 0) is 11.2 Å². The quantitative estimate of drug-likeness (QED) is 0.812. The molecule has 0 unspecified atom stereocenters. The van der Waals surface area contributed by atoms with Gasteiger partial charge in [-0.05, 0) is 23.8 Å². The van der Waals surface area contributed by atoms with Gasteiger partial charge in [-0.3, -0.25) is 4.79 Å². The highest BCUT2D eigenvalue weighted by Crippen LogP contribution is 2.19. The second kappa shape index (κ2) is 4.95. The number of anilines is 1. The van der Waals surface area contributed by atoms with Crippen molar-refractivity contribution >= 4 is 11.6 Å². The second-order valence-electron chi connectivity index (χ2n) is 3.67. The van der Waals surface area contributed by atoms with Crippen molar-refractivity contribution in [1.29, 1.82) is 0 Å². The molecule has 94 valence electrons. The van der Waals surface area contributed by atoms with E-state index in [4.69, 9.17) is 0 Å². The molecule has 18 heavy (non-hydrogen) atoms. The van der Waals surface area contributed by atoms with E-state index in [9.17, 15) is 18.0 Å². The van der Waals surface area contributed by atoms with Crippen LogP contribution in [0.1, 0.15) is 5.56 Å². The lowest BCUT2D eigenvalue weighted by molar-refractivity contribution is -0.115. The average Bonchev–Trinajstić information content (AvgIpc) is 2.83. The van der Waals surface area contributed by atoms with Gasteiger partial charge in [0, 0.05) is 12.4 Å². The number of carbonyl (C=O) groups excluding carboxylic acids is 1. The third-order valence-electron chi connectivity index (χ3n) is 2.34. The first-order chi connectivity index (χ1) is 8.58. The molecule has 0 fully saturated rings. The van der Waals surface area contributed by atoms with Crippen LogP contribution in [-0.4, -0.2) is 10.9 Å². The summed E-state index contributed by atoms with van der Waals surface area (Å²) in [6.45, 7) is 0. The fourth-order valence-electron chi connectivity index (χ4n) is 1.47. The van der Waals surface area contributed by atoms with E-state index in [1.165, 1.54) is 0 Å². The zero-order valence-electron chi connectivity index (χ0n) is 9.14. The molecule has 0 aliphatic carbocycles. The molecule has 2 aromatic rings. The number of carbonyl (C=O) groups is 1. The number of rotatable bonds is 3. The summed E-state index contributed by atoms with van der Waals surface area (Å²) in [5.74, 6) is -4.82. The van der Waals surface area contributed by atoms with Crippen LogP contribution in [0.4, 0.5) is 18.9 Å². The fraction of sp³-hybridized carbons (Fsp3) is 0.0833. The van der Waals surface area contributed by atoms with Crippen LogP contribution >= 0.6 is 0 Å². The molecule has 1 heterocycles. The largest absolute Gasteiger partial charge is 0.367 e. The predicted octanol–water partition coefficient (Wildman–Crippen LogP) is 2.61. The SMILES string of the molecule is O=C(Cc1cc[nH]c1)Nc1ccc(F)c(F)c1F. The molecule has 0 aliphatic heterocycles. The third-order valence-corrected chi connectivity index (χ3v) is 2.34. The van der Waals surface area contributed by atoms with Gasteiger partial charge in [0.15, 0.2) is 17.5 Å². The van der Waals surface area contributed by atoms with Crippen LogP contribution in [0.25, 0.3) is 0 Å². The van der Waals surface area contributed by atoms with Crippen LogP contribution < -0.4 is 5.32 Å². The molecule has 1 aromatic heterocycles. The van der Waals surface area contributed by atoms with Crippen molar-refractivity contribution in [2.24, 2.45) is 0 Å². The van der Waals surface area contributed by atoms with Gasteiger partial charge in [0.25, 0.3) is 0 Å². The van der Waals surface area contributed by atoms with Crippen molar-refractivity contribution in [2.75, 3.05) is 5.32 Å². The maximum atomic E-state index is 13.3. The summed E-state index contributed by atoms with van der Waals surface area (Å²) in [5, 5.41) is 2.18. The summed E-state index contributed by atoms with van der Waals surface area (Å²) >= 11 is 0. The molecule has 3 nitrogen and oxygen atoms in total. The summed E-state index contributed by atoms with van der Waals surface area (Å²) in [5.41, 5.74) is 0.324. The number of halogens is 3. The van der Waals surface area contributed by atoms with E-state index < -0.39 is 23.4 Å². The maximum absolute atomic E-state index is 13.3. The summed E-state index contributed by atoms with van der Waals surface area (Å²) in [4.78, 5) is 14.3. The molecule has 0 spiro atoms. The summed E-state index contributed by atoms with van der Waals surface area (Å²) in [6, 6.07) is 3.41. The Morgan fingerprint density at radius 1 is 1.17 bits per heavy atom. The molecule has 0 radical (unpaired) electrons. The minimum absolute atomic E-state index is 0.0158. The minimum atomic E-state index is -1.60. The second-order valence-corrected chi connectivity index (χ2v) is 3.67. The van der Waals surface area contributed by atoms with E-state index in [2.05, 4.69) is 10.3 Å². The number of hydrogen-bond donors (Lipinski definition) is 2. The summed E-state index contributed by atoms with van der Waals surface area (Å²) in [7, 11) is 0. The Hall–Kier alpha value is -2.24. The molecule has 1 amide bonds. The van der Waals surface area contributed by atoms with Crippen LogP contribution in [0.5, 0.6) is 0 Å². The number of aromatic amines is 1. The average molecular weight is 254 g/mol. The topological polar surface area (TPSA) is 44.9 Å². The molecular formula is C12H9F3N2O. The molecule has 1 aromatic carbocycles. The van der Waals surface area contributed by atoms with E-state index in [1.54, 1.807) is 18.5 Å². The van der Waals surface area contributed by atoms with Gasteiger partial charge in [0.05, 0.1) is 12.1 Å². The van der Waals surface area contributed by atoms with Gasteiger partial charge >= 0.3 is 0 Å². The Kier molecular flexibility index (Phi) is 3.36. The van der Waals surface area contributed by atoms with Crippen molar-refractivity contribution in [3.8, 4) is 0 Å². The van der Waals surface area contributed by atoms with Crippen molar-refractivity contribution in [1.82, 2.24) is 4.98 Å². The number of benzene rings is 1. The number of nitrogens with one attached hydrogen (secondary N) is 2. The first-order valence-electron chi connectivity index (χ1n) is 5.13. The smallest absolute Gasteiger partial charge is 0.228 e. The van der Waals surface area contributed by atoms with Gasteiger partial charge in [-0.2, -0.15) is 0 Å². The molecule has 0 atom stereocenters. The van der Waals surface area contributed by atoms with E-state index >= 15 is 0 Å². The highest BCUT2D eigenvalue weighted by Gasteiger charge is 2.15. The van der Waals surface area contributed by atoms with Crippen LogP contribution in [0.3, 0.4) is 0 Å². The Bertz CT molecular complexity index is 567. The number of H-pyrrole nitrogens is 1. The van der Waals surface area contributed by atoms with Crippen LogP contribution in [0, 0.1) is 17.5 Å². The molecule has 2 N–H and O–H groups in total. The Morgan fingerprint density at radius 2 is 1.94 bits per heavy atom. The van der Waals surface area contributed by atoms with E-state index in [-0.39, 0.29) is 12.1 Å². The lowest BCUT2D eigenvalue weighted by atomic mass is 10.2. The lowest BCUT2D eigenvalue weighted by Gasteiger charge is -2.06. The Labute approximate surface area is 101 Å². The Morgan fingerprint density at radius 3 is 2.61 bits per heavy atom. The molecule has 0 aliphatic rings. The van der Waals surface area contributed by atoms with Crippen LogP contribution in [0.15, 0.2) is 30.6 Å². The molecule has 0 saturated carbocycles. The van der Waals surface area contributed by atoms with Gasteiger partial charge < -0.3 is 10.3 Å². The zero-order chi connectivity index (χ0) is 13.1. The highest BCUT2D eigenvalue weighted by atomic mass is 19.2. The lowest BCUT2D eigenvalue weighted by Crippen LogP contribution is -2.15. The Balaban J connectivity index is 2.10. The first-order valence-corrected chi connectivity index (χ1v) is 5.13. The highest BCUT2D eigenvalue weighted by molar-refractivity contribution is 5.92. The first kappa shape index (κ1) is 12.2. The zero-order valence-corrected chi connectivity index (χ0v) is 9.14. The van der Waals surface area contributed by atoms with Gasteiger partial charge in [-0.1, -0.05) is 0 Å².